The van der Waals surface area contributed by atoms with Crippen molar-refractivity contribution in [1.29, 1.82) is 0 Å². The standard InChI is InChI=1S/C19H24N2O4S/c22-18(15-20-11-13-25-14-12-20)16-21(17-7-3-1-4-8-17)26(23,24)19-9-5-2-6-10-19/h1-10,18,22H,11-16H2/t18-/m1/s1. The van der Waals surface area contributed by atoms with Gasteiger partial charge < -0.3 is 9.84 Å². The van der Waals surface area contributed by atoms with E-state index in [4.69, 9.17) is 4.74 Å². The van der Waals surface area contributed by atoms with Crippen molar-refractivity contribution in [3.05, 3.63) is 60.7 Å². The summed E-state index contributed by atoms with van der Waals surface area (Å²) in [5, 5.41) is 10.6. The molecular formula is C19H24N2O4S. The molecule has 140 valence electrons. The van der Waals surface area contributed by atoms with Crippen molar-refractivity contribution < 1.29 is 18.3 Å². The fraction of sp³-hybridized carbons (Fsp3) is 0.368. The van der Waals surface area contributed by atoms with Crippen LogP contribution in [0.25, 0.3) is 0 Å². The lowest BCUT2D eigenvalue weighted by molar-refractivity contribution is 0.0166. The summed E-state index contributed by atoms with van der Waals surface area (Å²) in [5.41, 5.74) is 0.539. The highest BCUT2D eigenvalue weighted by Crippen LogP contribution is 2.23. The first kappa shape index (κ1) is 18.8. The van der Waals surface area contributed by atoms with E-state index in [-0.39, 0.29) is 11.4 Å². The number of nitrogens with zero attached hydrogens (tertiary/aromatic N) is 2. The topological polar surface area (TPSA) is 70.1 Å². The van der Waals surface area contributed by atoms with Gasteiger partial charge in [-0.2, -0.15) is 0 Å². The fourth-order valence-corrected chi connectivity index (χ4v) is 4.51. The summed E-state index contributed by atoms with van der Waals surface area (Å²) in [4.78, 5) is 2.30. The van der Waals surface area contributed by atoms with Gasteiger partial charge in [-0.3, -0.25) is 9.21 Å². The minimum absolute atomic E-state index is 0.00139. The van der Waals surface area contributed by atoms with E-state index in [0.717, 1.165) is 13.1 Å². The lowest BCUT2D eigenvalue weighted by Gasteiger charge is -2.31. The molecule has 0 aliphatic carbocycles. The monoisotopic (exact) mass is 376 g/mol. The SMILES string of the molecule is O=S(=O)(c1ccccc1)N(C[C@H](O)CN1CCOCC1)c1ccccc1. The van der Waals surface area contributed by atoms with Gasteiger partial charge in [-0.05, 0) is 24.3 Å². The first-order chi connectivity index (χ1) is 12.6. The predicted octanol–water partition coefficient (Wildman–Crippen LogP) is 1.57. The number of para-hydroxylation sites is 1. The smallest absolute Gasteiger partial charge is 0.264 e. The summed E-state index contributed by atoms with van der Waals surface area (Å²) < 4.78 is 32.9. The van der Waals surface area contributed by atoms with Crippen molar-refractivity contribution in [2.24, 2.45) is 0 Å². The van der Waals surface area contributed by atoms with Crippen molar-refractivity contribution in [2.75, 3.05) is 43.7 Å². The molecule has 0 bridgehead atoms. The summed E-state index contributed by atoms with van der Waals surface area (Å²) in [6.07, 6.45) is -0.799. The van der Waals surface area contributed by atoms with Gasteiger partial charge in [-0.1, -0.05) is 36.4 Å². The maximum Gasteiger partial charge on any atom is 0.264 e. The molecule has 1 heterocycles. The average Bonchev–Trinajstić information content (AvgIpc) is 2.68. The maximum absolute atomic E-state index is 13.1. The molecule has 0 amide bonds. The second-order valence-corrected chi connectivity index (χ2v) is 8.11. The molecule has 0 unspecified atom stereocenters. The highest BCUT2D eigenvalue weighted by Gasteiger charge is 2.27. The number of hydrogen-bond donors (Lipinski definition) is 1. The van der Waals surface area contributed by atoms with E-state index in [0.29, 0.717) is 25.4 Å². The highest BCUT2D eigenvalue weighted by atomic mass is 32.2. The zero-order chi connectivity index (χ0) is 18.4. The third kappa shape index (κ3) is 4.62. The van der Waals surface area contributed by atoms with Crippen molar-refractivity contribution in [2.45, 2.75) is 11.0 Å². The van der Waals surface area contributed by atoms with Crippen LogP contribution in [0.5, 0.6) is 0 Å². The second kappa shape index (κ2) is 8.64. The van der Waals surface area contributed by atoms with Gasteiger partial charge in [0.2, 0.25) is 0 Å². The van der Waals surface area contributed by atoms with E-state index in [1.807, 2.05) is 6.07 Å². The minimum atomic E-state index is -3.76. The zero-order valence-electron chi connectivity index (χ0n) is 14.6. The van der Waals surface area contributed by atoms with Gasteiger partial charge in [-0.15, -0.1) is 0 Å². The number of hydrogen-bond acceptors (Lipinski definition) is 5. The van der Waals surface area contributed by atoms with E-state index in [1.54, 1.807) is 54.6 Å². The minimum Gasteiger partial charge on any atom is -0.390 e. The van der Waals surface area contributed by atoms with Gasteiger partial charge in [-0.25, -0.2) is 8.42 Å². The molecule has 0 saturated carbocycles. The Bertz CT molecular complexity index is 778. The number of aliphatic hydroxyl groups excluding tert-OH is 1. The number of morpholine rings is 1. The molecule has 0 spiro atoms. The van der Waals surface area contributed by atoms with E-state index in [9.17, 15) is 13.5 Å². The molecule has 1 atom stereocenters. The molecule has 7 heteroatoms. The van der Waals surface area contributed by atoms with Gasteiger partial charge in [0.25, 0.3) is 10.0 Å². The third-order valence-electron chi connectivity index (χ3n) is 4.32. The molecule has 26 heavy (non-hydrogen) atoms. The summed E-state index contributed by atoms with van der Waals surface area (Å²) in [6, 6.07) is 17.2. The van der Waals surface area contributed by atoms with Crippen LogP contribution < -0.4 is 4.31 Å². The third-order valence-corrected chi connectivity index (χ3v) is 6.13. The summed E-state index contributed by atoms with van der Waals surface area (Å²) >= 11 is 0. The number of anilines is 1. The molecule has 1 N–H and O–H groups in total. The van der Waals surface area contributed by atoms with Crippen molar-refractivity contribution in [3.8, 4) is 0 Å². The van der Waals surface area contributed by atoms with Gasteiger partial charge in [0.15, 0.2) is 0 Å². The molecule has 2 aromatic carbocycles. The number of sulfonamides is 1. The summed E-state index contributed by atoms with van der Waals surface area (Å²) in [5.74, 6) is 0. The molecule has 0 radical (unpaired) electrons. The van der Waals surface area contributed by atoms with Crippen LogP contribution in [0.15, 0.2) is 65.6 Å². The van der Waals surface area contributed by atoms with Crippen LogP contribution in [0.1, 0.15) is 0 Å². The number of ether oxygens (including phenoxy) is 1. The van der Waals surface area contributed by atoms with Crippen LogP contribution in [-0.2, 0) is 14.8 Å². The first-order valence-corrected chi connectivity index (χ1v) is 10.1. The van der Waals surface area contributed by atoms with Crippen LogP contribution in [0, 0.1) is 0 Å². The van der Waals surface area contributed by atoms with Crippen molar-refractivity contribution in [3.63, 3.8) is 0 Å². The lowest BCUT2D eigenvalue weighted by Crippen LogP contribution is -2.46. The molecule has 1 aliphatic heterocycles. The molecule has 1 fully saturated rings. The molecule has 6 nitrogen and oxygen atoms in total. The Morgan fingerprint density at radius 1 is 1.00 bits per heavy atom. The van der Waals surface area contributed by atoms with Crippen molar-refractivity contribution >= 4 is 15.7 Å². The number of β-amino-alcohol motifs (C(OH)–C–C–N with tert-alkyl or cyclic N) is 1. The molecule has 2 aromatic rings. The molecule has 0 aromatic heterocycles. The molecular weight excluding hydrogens is 352 g/mol. The lowest BCUT2D eigenvalue weighted by atomic mass is 10.2. The van der Waals surface area contributed by atoms with Crippen LogP contribution in [0.4, 0.5) is 5.69 Å². The van der Waals surface area contributed by atoms with E-state index in [2.05, 4.69) is 4.90 Å². The highest BCUT2D eigenvalue weighted by molar-refractivity contribution is 7.92. The fourth-order valence-electron chi connectivity index (χ4n) is 2.99. The molecule has 3 rings (SSSR count). The zero-order valence-corrected chi connectivity index (χ0v) is 15.4. The Hall–Kier alpha value is -1.93. The Labute approximate surface area is 154 Å². The Balaban J connectivity index is 1.82. The van der Waals surface area contributed by atoms with Crippen LogP contribution in [0.2, 0.25) is 0 Å². The van der Waals surface area contributed by atoms with Gasteiger partial charge in [0.05, 0.1) is 36.4 Å². The Morgan fingerprint density at radius 2 is 1.58 bits per heavy atom. The maximum atomic E-state index is 13.1. The van der Waals surface area contributed by atoms with Crippen LogP contribution in [0.3, 0.4) is 0 Å². The largest absolute Gasteiger partial charge is 0.390 e. The number of benzene rings is 2. The summed E-state index contributed by atoms with van der Waals surface area (Å²) in [6.45, 7) is 3.17. The van der Waals surface area contributed by atoms with Gasteiger partial charge >= 0.3 is 0 Å². The number of aliphatic hydroxyl groups is 1. The van der Waals surface area contributed by atoms with E-state index < -0.39 is 16.1 Å². The summed E-state index contributed by atoms with van der Waals surface area (Å²) in [7, 11) is -3.76. The molecule has 1 aliphatic rings. The first-order valence-electron chi connectivity index (χ1n) is 8.68. The van der Waals surface area contributed by atoms with Crippen LogP contribution >= 0.6 is 0 Å². The van der Waals surface area contributed by atoms with Gasteiger partial charge in [0, 0.05) is 19.6 Å². The van der Waals surface area contributed by atoms with E-state index >= 15 is 0 Å². The quantitative estimate of drug-likeness (QED) is 0.794. The predicted molar refractivity (Wildman–Crippen MR) is 101 cm³/mol. The number of rotatable bonds is 7. The van der Waals surface area contributed by atoms with Gasteiger partial charge in [0.1, 0.15) is 0 Å². The van der Waals surface area contributed by atoms with Crippen molar-refractivity contribution in [1.82, 2.24) is 4.90 Å². The normalized spacial score (nSPS) is 17.0. The average molecular weight is 376 g/mol. The Morgan fingerprint density at radius 3 is 2.19 bits per heavy atom. The second-order valence-electron chi connectivity index (χ2n) is 6.25. The van der Waals surface area contributed by atoms with E-state index in [1.165, 1.54) is 4.31 Å². The van der Waals surface area contributed by atoms with Crippen LogP contribution in [-0.4, -0.2) is 63.9 Å². The molecule has 1 saturated heterocycles. The Kier molecular flexibility index (Phi) is 6.26.